The predicted octanol–water partition coefficient (Wildman–Crippen LogP) is 2.63. The van der Waals surface area contributed by atoms with Gasteiger partial charge >= 0.3 is 0 Å². The molecule has 0 bridgehead atoms. The Morgan fingerprint density at radius 2 is 1.80 bits per heavy atom. The van der Waals surface area contributed by atoms with E-state index < -0.39 is 5.82 Å². The number of aryl methyl sites for hydroxylation is 1. The maximum Gasteiger partial charge on any atom is 0.165 e. The number of phenolic OH excluding ortho intramolecular Hbond substituents is 1. The molecular formula is C12H17FO2. The molecule has 0 fully saturated rings. The second-order valence-corrected chi connectivity index (χ2v) is 3.67. The standard InChI is InChI=1S/C12H17FO2/c13-11-9-10(6-7-12(11)15)5-3-1-2-4-8-14/h6-7,9,14-15H,1-5,8H2. The fourth-order valence-corrected chi connectivity index (χ4v) is 1.50. The molecule has 0 saturated heterocycles. The van der Waals surface area contributed by atoms with Crippen LogP contribution in [0.15, 0.2) is 18.2 Å². The average molecular weight is 212 g/mol. The molecule has 0 unspecified atom stereocenters. The van der Waals surface area contributed by atoms with Gasteiger partial charge in [-0.1, -0.05) is 18.9 Å². The van der Waals surface area contributed by atoms with Crippen LogP contribution in [0, 0.1) is 5.82 Å². The van der Waals surface area contributed by atoms with Crippen molar-refractivity contribution in [1.29, 1.82) is 0 Å². The number of hydrogen-bond donors (Lipinski definition) is 2. The Morgan fingerprint density at radius 1 is 1.07 bits per heavy atom. The van der Waals surface area contributed by atoms with Gasteiger partial charge in [-0.2, -0.15) is 0 Å². The number of benzene rings is 1. The SMILES string of the molecule is OCCCCCCc1ccc(O)c(F)c1. The number of halogens is 1. The minimum Gasteiger partial charge on any atom is -0.505 e. The third-order valence-corrected chi connectivity index (χ3v) is 2.39. The van der Waals surface area contributed by atoms with Crippen LogP contribution in [0.1, 0.15) is 31.2 Å². The first kappa shape index (κ1) is 12.0. The Bertz CT molecular complexity index is 300. The molecule has 0 saturated carbocycles. The van der Waals surface area contributed by atoms with Gasteiger partial charge in [0.15, 0.2) is 11.6 Å². The van der Waals surface area contributed by atoms with E-state index in [1.54, 1.807) is 6.07 Å². The maximum absolute atomic E-state index is 12.9. The highest BCUT2D eigenvalue weighted by atomic mass is 19.1. The normalized spacial score (nSPS) is 10.5. The molecule has 0 spiro atoms. The van der Waals surface area contributed by atoms with Crippen molar-refractivity contribution in [2.45, 2.75) is 32.1 Å². The molecule has 1 aromatic carbocycles. The van der Waals surface area contributed by atoms with Crippen LogP contribution in [0.4, 0.5) is 4.39 Å². The first-order chi connectivity index (χ1) is 7.24. The van der Waals surface area contributed by atoms with Crippen LogP contribution in [0.25, 0.3) is 0 Å². The average Bonchev–Trinajstić information content (AvgIpc) is 2.23. The van der Waals surface area contributed by atoms with Crippen molar-refractivity contribution in [2.75, 3.05) is 6.61 Å². The Morgan fingerprint density at radius 3 is 2.47 bits per heavy atom. The van der Waals surface area contributed by atoms with E-state index in [4.69, 9.17) is 10.2 Å². The van der Waals surface area contributed by atoms with Crippen LogP contribution < -0.4 is 0 Å². The lowest BCUT2D eigenvalue weighted by Gasteiger charge is -2.02. The lowest BCUT2D eigenvalue weighted by atomic mass is 10.1. The second-order valence-electron chi connectivity index (χ2n) is 3.67. The van der Waals surface area contributed by atoms with Gasteiger partial charge in [0.2, 0.25) is 0 Å². The highest BCUT2D eigenvalue weighted by molar-refractivity contribution is 5.27. The summed E-state index contributed by atoms with van der Waals surface area (Å²) in [6.45, 7) is 0.244. The smallest absolute Gasteiger partial charge is 0.165 e. The van der Waals surface area contributed by atoms with Crippen LogP contribution in [0.5, 0.6) is 5.75 Å². The van der Waals surface area contributed by atoms with Crippen molar-refractivity contribution >= 4 is 0 Å². The summed E-state index contributed by atoms with van der Waals surface area (Å²) in [6, 6.07) is 4.50. The second kappa shape index (κ2) is 6.40. The first-order valence-electron chi connectivity index (χ1n) is 5.32. The molecule has 1 aromatic rings. The molecule has 84 valence electrons. The highest BCUT2D eigenvalue weighted by Crippen LogP contribution is 2.17. The van der Waals surface area contributed by atoms with E-state index in [1.165, 1.54) is 12.1 Å². The molecule has 2 N–H and O–H groups in total. The zero-order valence-electron chi connectivity index (χ0n) is 8.75. The quantitative estimate of drug-likeness (QED) is 0.712. The molecule has 15 heavy (non-hydrogen) atoms. The number of phenols is 1. The van der Waals surface area contributed by atoms with Crippen LogP contribution in [-0.4, -0.2) is 16.8 Å². The van der Waals surface area contributed by atoms with Crippen LogP contribution >= 0.6 is 0 Å². The Labute approximate surface area is 89.4 Å². The number of aliphatic hydroxyl groups is 1. The molecule has 0 amide bonds. The zero-order chi connectivity index (χ0) is 11.1. The molecule has 2 nitrogen and oxygen atoms in total. The Kier molecular flexibility index (Phi) is 5.12. The highest BCUT2D eigenvalue weighted by Gasteiger charge is 2.01. The van der Waals surface area contributed by atoms with Crippen LogP contribution in [-0.2, 0) is 6.42 Å². The fourth-order valence-electron chi connectivity index (χ4n) is 1.50. The topological polar surface area (TPSA) is 40.5 Å². The van der Waals surface area contributed by atoms with E-state index in [9.17, 15) is 4.39 Å². The summed E-state index contributed by atoms with van der Waals surface area (Å²) in [7, 11) is 0. The minimum absolute atomic E-state index is 0.244. The molecule has 0 aromatic heterocycles. The van der Waals surface area contributed by atoms with E-state index in [0.717, 1.165) is 37.7 Å². The lowest BCUT2D eigenvalue weighted by molar-refractivity contribution is 0.282. The van der Waals surface area contributed by atoms with Gasteiger partial charge in [0.25, 0.3) is 0 Å². The van der Waals surface area contributed by atoms with E-state index >= 15 is 0 Å². The summed E-state index contributed by atoms with van der Waals surface area (Å²) in [6.07, 6.45) is 4.71. The van der Waals surface area contributed by atoms with Crippen molar-refractivity contribution in [2.24, 2.45) is 0 Å². The van der Waals surface area contributed by atoms with E-state index in [1.807, 2.05) is 0 Å². The van der Waals surface area contributed by atoms with E-state index in [0.29, 0.717) is 0 Å². The Hall–Kier alpha value is -1.09. The molecule has 0 heterocycles. The van der Waals surface area contributed by atoms with Crippen molar-refractivity contribution in [3.8, 4) is 5.75 Å². The lowest BCUT2D eigenvalue weighted by Crippen LogP contribution is -1.89. The molecule has 0 atom stereocenters. The number of aromatic hydroxyl groups is 1. The fraction of sp³-hybridized carbons (Fsp3) is 0.500. The van der Waals surface area contributed by atoms with Crippen molar-refractivity contribution in [1.82, 2.24) is 0 Å². The largest absolute Gasteiger partial charge is 0.505 e. The third kappa shape index (κ3) is 4.30. The molecule has 3 heteroatoms. The van der Waals surface area contributed by atoms with Crippen LogP contribution in [0.2, 0.25) is 0 Å². The predicted molar refractivity (Wildman–Crippen MR) is 57.3 cm³/mol. The summed E-state index contributed by atoms with van der Waals surface area (Å²) in [5.74, 6) is -0.845. The van der Waals surface area contributed by atoms with Crippen molar-refractivity contribution < 1.29 is 14.6 Å². The monoisotopic (exact) mass is 212 g/mol. The summed E-state index contributed by atoms with van der Waals surface area (Å²) >= 11 is 0. The van der Waals surface area contributed by atoms with Crippen molar-refractivity contribution in [3.05, 3.63) is 29.6 Å². The number of hydrogen-bond acceptors (Lipinski definition) is 2. The molecule has 0 radical (unpaired) electrons. The maximum atomic E-state index is 12.9. The van der Waals surface area contributed by atoms with Gasteiger partial charge in [-0.15, -0.1) is 0 Å². The molecule has 0 aliphatic heterocycles. The zero-order valence-corrected chi connectivity index (χ0v) is 8.75. The molecule has 0 aliphatic rings. The summed E-state index contributed by atoms with van der Waals surface area (Å²) in [4.78, 5) is 0. The first-order valence-corrected chi connectivity index (χ1v) is 5.32. The van der Waals surface area contributed by atoms with Gasteiger partial charge in [0.1, 0.15) is 0 Å². The molecule has 0 aliphatic carbocycles. The summed E-state index contributed by atoms with van der Waals surface area (Å²) < 4.78 is 12.9. The van der Waals surface area contributed by atoms with Gasteiger partial charge in [0.05, 0.1) is 0 Å². The van der Waals surface area contributed by atoms with Gasteiger partial charge in [-0.3, -0.25) is 0 Å². The number of aliphatic hydroxyl groups excluding tert-OH is 1. The minimum atomic E-state index is -0.553. The molecule has 1 rings (SSSR count). The summed E-state index contributed by atoms with van der Waals surface area (Å²) in [5, 5.41) is 17.6. The van der Waals surface area contributed by atoms with Gasteiger partial charge in [-0.05, 0) is 37.0 Å². The van der Waals surface area contributed by atoms with Crippen molar-refractivity contribution in [3.63, 3.8) is 0 Å². The van der Waals surface area contributed by atoms with Gasteiger partial charge in [0, 0.05) is 6.61 Å². The van der Waals surface area contributed by atoms with Gasteiger partial charge < -0.3 is 10.2 Å². The number of rotatable bonds is 6. The number of unbranched alkanes of at least 4 members (excludes halogenated alkanes) is 3. The third-order valence-electron chi connectivity index (χ3n) is 2.39. The van der Waals surface area contributed by atoms with Gasteiger partial charge in [-0.25, -0.2) is 4.39 Å². The molecular weight excluding hydrogens is 195 g/mol. The van der Waals surface area contributed by atoms with E-state index in [-0.39, 0.29) is 12.4 Å². The summed E-state index contributed by atoms with van der Waals surface area (Å²) in [5.41, 5.74) is 0.911. The Balaban J connectivity index is 2.28. The van der Waals surface area contributed by atoms with Crippen LogP contribution in [0.3, 0.4) is 0 Å². The van der Waals surface area contributed by atoms with E-state index in [2.05, 4.69) is 0 Å².